The van der Waals surface area contributed by atoms with E-state index >= 15 is 0 Å². The molecule has 4 rings (SSSR count). The summed E-state index contributed by atoms with van der Waals surface area (Å²) in [4.78, 5) is 27.0. The molecule has 0 aromatic heterocycles. The maximum Gasteiger partial charge on any atom is 0.255 e. The number of amides is 2. The molecule has 1 N–H and O–H groups in total. The van der Waals surface area contributed by atoms with Crippen LogP contribution in [0.5, 0.6) is 0 Å². The second-order valence-electron chi connectivity index (χ2n) is 7.26. The lowest BCUT2D eigenvalue weighted by Gasteiger charge is -2.24. The molecule has 1 heterocycles. The first-order chi connectivity index (χ1) is 14.7. The number of carbonyl (C=O) groups is 2. The summed E-state index contributed by atoms with van der Waals surface area (Å²) in [6.07, 6.45) is 0.861. The van der Waals surface area contributed by atoms with Crippen LogP contribution in [0.2, 0.25) is 0 Å². The molecule has 0 saturated carbocycles. The molecule has 152 valence electrons. The summed E-state index contributed by atoms with van der Waals surface area (Å²) in [6.45, 7) is 2.66. The van der Waals surface area contributed by atoms with Crippen molar-refractivity contribution in [3.63, 3.8) is 0 Å². The van der Waals surface area contributed by atoms with Gasteiger partial charge in [0.1, 0.15) is 5.37 Å². The lowest BCUT2D eigenvalue weighted by atomic mass is 10.1. The van der Waals surface area contributed by atoms with Crippen LogP contribution in [0.15, 0.2) is 78.9 Å². The number of thioether (sulfide) groups is 1. The van der Waals surface area contributed by atoms with E-state index in [1.807, 2.05) is 83.8 Å². The number of hydrogen-bond acceptors (Lipinski definition) is 3. The number of nitrogens with zero attached hydrogens (tertiary/aromatic N) is 1. The summed E-state index contributed by atoms with van der Waals surface area (Å²) in [7, 11) is 0. The van der Waals surface area contributed by atoms with E-state index in [2.05, 4.69) is 12.2 Å². The average Bonchev–Trinajstić information content (AvgIpc) is 3.15. The Hall–Kier alpha value is -3.05. The Morgan fingerprint density at radius 1 is 1.00 bits per heavy atom. The van der Waals surface area contributed by atoms with E-state index in [0.717, 1.165) is 28.8 Å². The highest BCUT2D eigenvalue weighted by Gasteiger charge is 2.32. The lowest BCUT2D eigenvalue weighted by Crippen LogP contribution is -2.27. The minimum atomic E-state index is -0.126. The van der Waals surface area contributed by atoms with Crippen LogP contribution in [0, 0.1) is 0 Å². The van der Waals surface area contributed by atoms with Gasteiger partial charge in [-0.25, -0.2) is 0 Å². The molecule has 3 aromatic rings. The van der Waals surface area contributed by atoms with Gasteiger partial charge in [-0.1, -0.05) is 67.6 Å². The SMILES string of the molecule is CCc1ccccc1NC(=O)c1ccc([C@@H]2SCC(=O)N2Cc2ccccc2)cc1. The summed E-state index contributed by atoms with van der Waals surface area (Å²) in [6, 6.07) is 25.5. The van der Waals surface area contributed by atoms with Crippen LogP contribution in [0.25, 0.3) is 0 Å². The predicted octanol–water partition coefficient (Wildman–Crippen LogP) is 5.28. The number of nitrogens with one attached hydrogen (secondary N) is 1. The lowest BCUT2D eigenvalue weighted by molar-refractivity contribution is -0.128. The Morgan fingerprint density at radius 3 is 2.43 bits per heavy atom. The highest BCUT2D eigenvalue weighted by molar-refractivity contribution is 8.00. The molecule has 2 amide bonds. The van der Waals surface area contributed by atoms with Gasteiger partial charge >= 0.3 is 0 Å². The van der Waals surface area contributed by atoms with Gasteiger partial charge in [0.25, 0.3) is 5.91 Å². The van der Waals surface area contributed by atoms with Crippen molar-refractivity contribution in [2.24, 2.45) is 0 Å². The van der Waals surface area contributed by atoms with Gasteiger partial charge in [0.05, 0.1) is 5.75 Å². The standard InChI is InChI=1S/C25H24N2O2S/c1-2-19-10-6-7-11-22(19)26-24(29)20-12-14-21(15-13-20)25-27(23(28)17-30-25)16-18-8-4-3-5-9-18/h3-15,25H,2,16-17H2,1H3,(H,26,29)/t25-/m0/s1. The minimum absolute atomic E-state index is 0.0318. The van der Waals surface area contributed by atoms with Crippen LogP contribution in [0.4, 0.5) is 5.69 Å². The zero-order valence-electron chi connectivity index (χ0n) is 16.9. The molecule has 0 bridgehead atoms. The summed E-state index contributed by atoms with van der Waals surface area (Å²) in [5.41, 5.74) is 4.71. The third-order valence-corrected chi connectivity index (χ3v) is 6.52. The van der Waals surface area contributed by atoms with Gasteiger partial charge in [-0.3, -0.25) is 9.59 Å². The van der Waals surface area contributed by atoms with Crippen LogP contribution in [-0.4, -0.2) is 22.5 Å². The molecule has 4 nitrogen and oxygen atoms in total. The van der Waals surface area contributed by atoms with Gasteiger partial charge < -0.3 is 10.2 Å². The van der Waals surface area contributed by atoms with E-state index in [1.165, 1.54) is 0 Å². The second-order valence-corrected chi connectivity index (χ2v) is 8.33. The summed E-state index contributed by atoms with van der Waals surface area (Å²) < 4.78 is 0. The third kappa shape index (κ3) is 4.41. The zero-order chi connectivity index (χ0) is 20.9. The molecule has 1 atom stereocenters. The topological polar surface area (TPSA) is 49.4 Å². The summed E-state index contributed by atoms with van der Waals surface area (Å²) in [5.74, 6) is 0.499. The van der Waals surface area contributed by atoms with Crippen molar-refractivity contribution >= 4 is 29.3 Å². The maximum absolute atomic E-state index is 12.7. The van der Waals surface area contributed by atoms with E-state index in [9.17, 15) is 9.59 Å². The number of hydrogen-bond donors (Lipinski definition) is 1. The van der Waals surface area contributed by atoms with E-state index in [4.69, 9.17) is 0 Å². The van der Waals surface area contributed by atoms with Crippen LogP contribution in [0.3, 0.4) is 0 Å². The molecule has 1 saturated heterocycles. The molecular weight excluding hydrogens is 392 g/mol. The van der Waals surface area contributed by atoms with E-state index < -0.39 is 0 Å². The second kappa shape index (κ2) is 9.18. The van der Waals surface area contributed by atoms with Crippen molar-refractivity contribution < 1.29 is 9.59 Å². The fourth-order valence-corrected chi connectivity index (χ4v) is 4.81. The molecule has 1 fully saturated rings. The monoisotopic (exact) mass is 416 g/mol. The number of aryl methyl sites for hydroxylation is 1. The Balaban J connectivity index is 1.48. The van der Waals surface area contributed by atoms with E-state index in [1.54, 1.807) is 11.8 Å². The van der Waals surface area contributed by atoms with Crippen molar-refractivity contribution in [2.75, 3.05) is 11.1 Å². The third-order valence-electron chi connectivity index (χ3n) is 5.27. The van der Waals surface area contributed by atoms with Gasteiger partial charge in [0.2, 0.25) is 5.91 Å². The van der Waals surface area contributed by atoms with Gasteiger partial charge in [0, 0.05) is 17.8 Å². The maximum atomic E-state index is 12.7. The number of benzene rings is 3. The van der Waals surface area contributed by atoms with Crippen molar-refractivity contribution in [3.05, 3.63) is 101 Å². The van der Waals surface area contributed by atoms with Gasteiger partial charge in [-0.05, 0) is 41.3 Å². The fourth-order valence-electron chi connectivity index (χ4n) is 3.63. The highest BCUT2D eigenvalue weighted by atomic mass is 32.2. The molecule has 5 heteroatoms. The van der Waals surface area contributed by atoms with Crippen molar-refractivity contribution in [2.45, 2.75) is 25.3 Å². The molecule has 0 radical (unpaired) electrons. The molecule has 1 aliphatic heterocycles. The minimum Gasteiger partial charge on any atom is -0.322 e. The van der Waals surface area contributed by atoms with Gasteiger partial charge in [-0.15, -0.1) is 11.8 Å². The van der Waals surface area contributed by atoms with Crippen LogP contribution < -0.4 is 5.32 Å². The number of carbonyl (C=O) groups excluding carboxylic acids is 2. The number of para-hydroxylation sites is 1. The van der Waals surface area contributed by atoms with Crippen LogP contribution >= 0.6 is 11.8 Å². The summed E-state index contributed by atoms with van der Waals surface area (Å²) in [5, 5.41) is 2.97. The predicted molar refractivity (Wildman–Crippen MR) is 122 cm³/mol. The zero-order valence-corrected chi connectivity index (χ0v) is 17.7. The Morgan fingerprint density at radius 2 is 1.70 bits per heavy atom. The Labute approximate surface area is 181 Å². The smallest absolute Gasteiger partial charge is 0.255 e. The fraction of sp³-hybridized carbons (Fsp3) is 0.200. The van der Waals surface area contributed by atoms with Crippen molar-refractivity contribution in [1.29, 1.82) is 0 Å². The average molecular weight is 417 g/mol. The largest absolute Gasteiger partial charge is 0.322 e. The Kier molecular flexibility index (Phi) is 6.19. The summed E-state index contributed by atoms with van der Waals surface area (Å²) >= 11 is 1.63. The first kappa shape index (κ1) is 20.2. The molecular formula is C25H24N2O2S. The first-order valence-electron chi connectivity index (χ1n) is 10.1. The van der Waals surface area contributed by atoms with Crippen LogP contribution in [-0.2, 0) is 17.8 Å². The van der Waals surface area contributed by atoms with Gasteiger partial charge in [0.15, 0.2) is 0 Å². The number of rotatable bonds is 6. The first-order valence-corrected chi connectivity index (χ1v) is 11.1. The molecule has 0 spiro atoms. The normalized spacial score (nSPS) is 16.0. The van der Waals surface area contributed by atoms with Gasteiger partial charge in [-0.2, -0.15) is 0 Å². The quantitative estimate of drug-likeness (QED) is 0.595. The van der Waals surface area contributed by atoms with E-state index in [0.29, 0.717) is 17.9 Å². The molecule has 30 heavy (non-hydrogen) atoms. The highest BCUT2D eigenvalue weighted by Crippen LogP contribution is 2.39. The van der Waals surface area contributed by atoms with E-state index in [-0.39, 0.29) is 17.2 Å². The van der Waals surface area contributed by atoms with Crippen LogP contribution in [0.1, 0.15) is 39.3 Å². The van der Waals surface area contributed by atoms with Crippen molar-refractivity contribution in [1.82, 2.24) is 4.90 Å². The number of anilines is 1. The molecule has 0 unspecified atom stereocenters. The molecule has 0 aliphatic carbocycles. The molecule has 1 aliphatic rings. The van der Waals surface area contributed by atoms with Crippen molar-refractivity contribution in [3.8, 4) is 0 Å². The molecule has 3 aromatic carbocycles. The Bertz CT molecular complexity index is 1030.